The van der Waals surface area contributed by atoms with Crippen LogP contribution in [-0.2, 0) is 32.7 Å². The molecule has 3 aliphatic heterocycles. The molecule has 4 aromatic carbocycles. The first-order valence-corrected chi connectivity index (χ1v) is 19.5. The van der Waals surface area contributed by atoms with Crippen molar-refractivity contribution in [2.75, 3.05) is 52.4 Å². The molecule has 3 heterocycles. The number of nitrogens with zero attached hydrogens (tertiary/aromatic N) is 7. The first kappa shape index (κ1) is 35.7. The zero-order valence-corrected chi connectivity index (χ0v) is 30.7. The molecule has 3 aliphatic rings. The maximum atomic E-state index is 10.1. The van der Waals surface area contributed by atoms with E-state index < -0.39 is 0 Å². The number of hydrogen-bond acceptors (Lipinski definition) is 7. The first-order valence-electron chi connectivity index (χ1n) is 19.5. The van der Waals surface area contributed by atoms with Crippen LogP contribution in [0.4, 0.5) is 0 Å². The molecule has 7 heteroatoms. The van der Waals surface area contributed by atoms with E-state index >= 15 is 0 Å². The lowest BCUT2D eigenvalue weighted by Gasteiger charge is -2.30. The Bertz CT molecular complexity index is 1820. The molecule has 3 fully saturated rings. The standard InChI is InChI=1S/C45H53N7/c46-30-43(31-47)45-51(26-27-52(45)36-42-18-11-17-41-16-3-4-19-44(41)42)25-24-50(34-39-14-9-12-37(28-39)32-48-20-5-1-6-21-48)35-40-15-10-13-38(29-40)33-49-22-7-2-8-23-49/h3-4,9-19,28-29H,1-2,5-8,20-27,32-36H2. The molecule has 0 bridgehead atoms. The molecular formula is C45H53N7. The zero-order valence-electron chi connectivity index (χ0n) is 30.7. The third-order valence-corrected chi connectivity index (χ3v) is 11.1. The highest BCUT2D eigenvalue weighted by Gasteiger charge is 2.29. The van der Waals surface area contributed by atoms with Crippen LogP contribution in [0, 0.1) is 22.7 Å². The van der Waals surface area contributed by atoms with Crippen molar-refractivity contribution in [2.24, 2.45) is 0 Å². The van der Waals surface area contributed by atoms with Crippen molar-refractivity contribution in [3.8, 4) is 12.1 Å². The number of allylic oxidation sites excluding steroid dienone is 1. The van der Waals surface area contributed by atoms with Gasteiger partial charge in [-0.25, -0.2) is 0 Å². The Morgan fingerprint density at radius 2 is 1.10 bits per heavy atom. The van der Waals surface area contributed by atoms with Crippen LogP contribution in [0.2, 0.25) is 0 Å². The van der Waals surface area contributed by atoms with Gasteiger partial charge in [-0.3, -0.25) is 14.7 Å². The van der Waals surface area contributed by atoms with Gasteiger partial charge < -0.3 is 9.80 Å². The lowest BCUT2D eigenvalue weighted by molar-refractivity contribution is 0.215. The topological polar surface area (TPSA) is 63.8 Å². The molecule has 0 aromatic heterocycles. The molecule has 4 aromatic rings. The fourth-order valence-corrected chi connectivity index (χ4v) is 8.50. The fraction of sp³-hybridized carbons (Fsp3) is 0.422. The molecule has 0 saturated carbocycles. The van der Waals surface area contributed by atoms with Crippen molar-refractivity contribution in [3.05, 3.63) is 130 Å². The number of fused-ring (bicyclic) bond motifs is 1. The molecule has 0 atom stereocenters. The predicted molar refractivity (Wildman–Crippen MR) is 209 cm³/mol. The SMILES string of the molecule is N#CC(C#N)=C1N(CCN(Cc2cccc(CN3CCCCC3)c2)Cc2cccc(CN3CCCCC3)c2)CCN1Cc1cccc2ccccc12. The highest BCUT2D eigenvalue weighted by Crippen LogP contribution is 2.28. The van der Waals surface area contributed by atoms with Crippen molar-refractivity contribution >= 4 is 10.8 Å². The fourth-order valence-electron chi connectivity index (χ4n) is 8.50. The van der Waals surface area contributed by atoms with Gasteiger partial charge in [-0.15, -0.1) is 0 Å². The van der Waals surface area contributed by atoms with Crippen LogP contribution in [0.3, 0.4) is 0 Å². The van der Waals surface area contributed by atoms with Crippen LogP contribution in [0.5, 0.6) is 0 Å². The van der Waals surface area contributed by atoms with Crippen molar-refractivity contribution < 1.29 is 0 Å². The molecule has 0 spiro atoms. The highest BCUT2D eigenvalue weighted by atomic mass is 15.4. The predicted octanol–water partition coefficient (Wildman–Crippen LogP) is 7.89. The minimum Gasteiger partial charge on any atom is -0.354 e. The number of piperidine rings is 2. The van der Waals surface area contributed by atoms with Crippen molar-refractivity contribution in [1.82, 2.24) is 24.5 Å². The average molecular weight is 692 g/mol. The van der Waals surface area contributed by atoms with Crippen LogP contribution >= 0.6 is 0 Å². The summed E-state index contributed by atoms with van der Waals surface area (Å²) < 4.78 is 0. The molecule has 0 aliphatic carbocycles. The maximum Gasteiger partial charge on any atom is 0.169 e. The summed E-state index contributed by atoms with van der Waals surface area (Å²) in [5.74, 6) is 0.768. The quantitative estimate of drug-likeness (QED) is 0.132. The number of benzene rings is 4. The molecule has 3 saturated heterocycles. The molecule has 7 nitrogen and oxygen atoms in total. The Balaban J connectivity index is 1.10. The second-order valence-electron chi connectivity index (χ2n) is 15.0. The Morgan fingerprint density at radius 3 is 1.71 bits per heavy atom. The van der Waals surface area contributed by atoms with Crippen LogP contribution in [0.15, 0.2) is 102 Å². The third-order valence-electron chi connectivity index (χ3n) is 11.1. The second-order valence-corrected chi connectivity index (χ2v) is 15.0. The Hall–Kier alpha value is -4.66. The van der Waals surface area contributed by atoms with E-state index in [1.54, 1.807) is 0 Å². The van der Waals surface area contributed by atoms with Crippen LogP contribution < -0.4 is 0 Å². The Morgan fingerprint density at radius 1 is 0.558 bits per heavy atom. The van der Waals surface area contributed by atoms with Gasteiger partial charge in [0.1, 0.15) is 18.0 Å². The van der Waals surface area contributed by atoms with Crippen LogP contribution in [-0.4, -0.2) is 76.9 Å². The van der Waals surface area contributed by atoms with Gasteiger partial charge in [-0.2, -0.15) is 10.5 Å². The summed E-state index contributed by atoms with van der Waals surface area (Å²) in [6, 6.07) is 37.7. The van der Waals surface area contributed by atoms with Gasteiger partial charge in [0.05, 0.1) is 0 Å². The summed E-state index contributed by atoms with van der Waals surface area (Å²) in [7, 11) is 0. The highest BCUT2D eigenvalue weighted by molar-refractivity contribution is 5.85. The number of rotatable bonds is 13. The summed E-state index contributed by atoms with van der Waals surface area (Å²) in [6.45, 7) is 12.3. The van der Waals surface area contributed by atoms with E-state index in [9.17, 15) is 10.5 Å². The molecule has 0 unspecified atom stereocenters. The van der Waals surface area contributed by atoms with Crippen LogP contribution in [0.25, 0.3) is 10.8 Å². The van der Waals surface area contributed by atoms with Crippen molar-refractivity contribution in [3.63, 3.8) is 0 Å². The van der Waals surface area contributed by atoms with Crippen molar-refractivity contribution in [2.45, 2.75) is 71.2 Å². The lowest BCUT2D eigenvalue weighted by atomic mass is 10.0. The molecule has 0 N–H and O–H groups in total. The van der Waals surface area contributed by atoms with Gasteiger partial charge in [-0.1, -0.05) is 104 Å². The van der Waals surface area contributed by atoms with E-state index in [2.05, 4.69) is 128 Å². The minimum absolute atomic E-state index is 0.195. The first-order chi connectivity index (χ1) is 25.6. The Labute approximate surface area is 310 Å². The summed E-state index contributed by atoms with van der Waals surface area (Å²) in [6.07, 6.45) is 7.91. The van der Waals surface area contributed by atoms with Crippen molar-refractivity contribution in [1.29, 1.82) is 10.5 Å². The smallest absolute Gasteiger partial charge is 0.169 e. The van der Waals surface area contributed by atoms with Gasteiger partial charge in [0, 0.05) is 58.9 Å². The number of likely N-dealkylation sites (tertiary alicyclic amines) is 2. The van der Waals surface area contributed by atoms with Gasteiger partial charge in [0.25, 0.3) is 0 Å². The summed E-state index contributed by atoms with van der Waals surface area (Å²) >= 11 is 0. The largest absolute Gasteiger partial charge is 0.354 e. The zero-order chi connectivity index (χ0) is 35.5. The maximum absolute atomic E-state index is 10.1. The third kappa shape index (κ3) is 9.22. The van der Waals surface area contributed by atoms with E-state index in [4.69, 9.17) is 0 Å². The second kappa shape index (κ2) is 17.7. The van der Waals surface area contributed by atoms with E-state index in [1.807, 2.05) is 0 Å². The van der Waals surface area contributed by atoms with Gasteiger partial charge in [-0.05, 0) is 90.5 Å². The minimum atomic E-state index is 0.195. The monoisotopic (exact) mass is 691 g/mol. The Kier molecular flexibility index (Phi) is 12.2. The van der Waals surface area contributed by atoms with Gasteiger partial charge in [0.2, 0.25) is 0 Å². The molecule has 7 rings (SSSR count). The average Bonchev–Trinajstić information content (AvgIpc) is 3.57. The van der Waals surface area contributed by atoms with E-state index in [0.717, 1.165) is 58.2 Å². The normalized spacial score (nSPS) is 17.1. The molecule has 0 radical (unpaired) electrons. The van der Waals surface area contributed by atoms with E-state index in [-0.39, 0.29) is 5.57 Å². The molecule has 0 amide bonds. The molecular weight excluding hydrogens is 639 g/mol. The lowest BCUT2D eigenvalue weighted by Crippen LogP contribution is -2.34. The van der Waals surface area contributed by atoms with Crippen LogP contribution in [0.1, 0.15) is 66.3 Å². The van der Waals surface area contributed by atoms with E-state index in [1.165, 1.54) is 103 Å². The number of hydrogen-bond donors (Lipinski definition) is 0. The van der Waals surface area contributed by atoms with Gasteiger partial charge >= 0.3 is 0 Å². The summed E-state index contributed by atoms with van der Waals surface area (Å²) in [5, 5.41) is 22.6. The van der Waals surface area contributed by atoms with E-state index in [0.29, 0.717) is 6.54 Å². The number of nitriles is 2. The summed E-state index contributed by atoms with van der Waals surface area (Å²) in [5.41, 5.74) is 6.86. The molecule has 268 valence electrons. The molecule has 52 heavy (non-hydrogen) atoms. The summed E-state index contributed by atoms with van der Waals surface area (Å²) in [4.78, 5) is 12.3. The van der Waals surface area contributed by atoms with Gasteiger partial charge in [0.15, 0.2) is 5.57 Å².